The van der Waals surface area contributed by atoms with E-state index in [0.717, 1.165) is 6.26 Å². The summed E-state index contributed by atoms with van der Waals surface area (Å²) in [6.07, 6.45) is 1.13. The number of hydrogen-bond acceptors (Lipinski definition) is 5. The Hall–Kier alpha value is -1.35. The van der Waals surface area contributed by atoms with Crippen LogP contribution < -0.4 is 0 Å². The standard InChI is InChI=1S/C11H15NO4S/c1-4-16-10(13)9-5-8(2)11(6-9,7-12)17(3,14)15/h9H,2,4-6H2,1,3H3/t9-,11-/m1/s1. The van der Waals surface area contributed by atoms with E-state index >= 15 is 0 Å². The molecule has 0 amide bonds. The van der Waals surface area contributed by atoms with Gasteiger partial charge in [-0.2, -0.15) is 5.26 Å². The van der Waals surface area contributed by atoms with Gasteiger partial charge in [-0.25, -0.2) is 8.42 Å². The van der Waals surface area contributed by atoms with E-state index in [4.69, 9.17) is 10.00 Å². The molecule has 0 spiro atoms. The Morgan fingerprint density at radius 1 is 1.71 bits per heavy atom. The number of nitrogens with zero attached hydrogens (tertiary/aromatic N) is 1. The van der Waals surface area contributed by atoms with Gasteiger partial charge in [-0.3, -0.25) is 4.79 Å². The maximum absolute atomic E-state index is 11.7. The van der Waals surface area contributed by atoms with Crippen LogP contribution in [0.25, 0.3) is 0 Å². The van der Waals surface area contributed by atoms with E-state index in [1.807, 2.05) is 0 Å². The number of esters is 1. The first-order chi connectivity index (χ1) is 7.78. The Morgan fingerprint density at radius 3 is 2.65 bits per heavy atom. The average molecular weight is 257 g/mol. The Labute approximate surface area is 101 Å². The van der Waals surface area contributed by atoms with Crippen molar-refractivity contribution in [3.63, 3.8) is 0 Å². The van der Waals surface area contributed by atoms with Gasteiger partial charge < -0.3 is 4.74 Å². The third-order valence-electron chi connectivity index (χ3n) is 3.03. The average Bonchev–Trinajstić information content (AvgIpc) is 2.56. The molecular weight excluding hydrogens is 242 g/mol. The molecule has 0 heterocycles. The number of rotatable bonds is 3. The zero-order valence-corrected chi connectivity index (χ0v) is 10.7. The second-order valence-corrected chi connectivity index (χ2v) is 6.41. The second kappa shape index (κ2) is 4.49. The summed E-state index contributed by atoms with van der Waals surface area (Å²) in [7, 11) is -3.61. The van der Waals surface area contributed by atoms with Gasteiger partial charge in [-0.05, 0) is 25.3 Å². The minimum atomic E-state index is -3.61. The Morgan fingerprint density at radius 2 is 2.29 bits per heavy atom. The predicted molar refractivity (Wildman–Crippen MR) is 61.7 cm³/mol. The highest BCUT2D eigenvalue weighted by Gasteiger charge is 2.52. The highest BCUT2D eigenvalue weighted by molar-refractivity contribution is 7.92. The molecule has 1 aliphatic carbocycles. The van der Waals surface area contributed by atoms with Crippen molar-refractivity contribution in [1.82, 2.24) is 0 Å². The fourth-order valence-electron chi connectivity index (χ4n) is 2.07. The third kappa shape index (κ3) is 2.20. The number of hydrogen-bond donors (Lipinski definition) is 0. The van der Waals surface area contributed by atoms with Crippen molar-refractivity contribution < 1.29 is 17.9 Å². The van der Waals surface area contributed by atoms with Gasteiger partial charge in [0.1, 0.15) is 0 Å². The van der Waals surface area contributed by atoms with Crippen LogP contribution in [0.15, 0.2) is 12.2 Å². The maximum Gasteiger partial charge on any atom is 0.309 e. The van der Waals surface area contributed by atoms with Crippen LogP contribution >= 0.6 is 0 Å². The molecular formula is C11H15NO4S. The van der Waals surface area contributed by atoms with E-state index in [2.05, 4.69) is 6.58 Å². The lowest BCUT2D eigenvalue weighted by Gasteiger charge is -2.19. The van der Waals surface area contributed by atoms with Crippen LogP contribution in [0.4, 0.5) is 0 Å². The molecule has 0 aliphatic heterocycles. The normalized spacial score (nSPS) is 28.8. The summed E-state index contributed by atoms with van der Waals surface area (Å²) in [6.45, 7) is 5.54. The van der Waals surface area contributed by atoms with Crippen LogP contribution in [0, 0.1) is 17.2 Å². The minimum absolute atomic E-state index is 0.0556. The molecule has 0 bridgehead atoms. The van der Waals surface area contributed by atoms with Gasteiger partial charge in [0.05, 0.1) is 18.6 Å². The molecule has 1 rings (SSSR count). The lowest BCUT2D eigenvalue weighted by Crippen LogP contribution is -2.35. The van der Waals surface area contributed by atoms with Crippen molar-refractivity contribution in [1.29, 1.82) is 5.26 Å². The molecule has 0 unspecified atom stereocenters. The smallest absolute Gasteiger partial charge is 0.309 e. The van der Waals surface area contributed by atoms with Gasteiger partial charge in [0.25, 0.3) is 0 Å². The Balaban J connectivity index is 3.06. The quantitative estimate of drug-likeness (QED) is 0.552. The Kier molecular flexibility index (Phi) is 3.62. The molecule has 0 aromatic heterocycles. The molecule has 0 aromatic carbocycles. The van der Waals surface area contributed by atoms with E-state index in [9.17, 15) is 13.2 Å². The predicted octanol–water partition coefficient (Wildman–Crippen LogP) is 0.823. The number of ether oxygens (including phenoxy) is 1. The lowest BCUT2D eigenvalue weighted by atomic mass is 10.0. The monoisotopic (exact) mass is 257 g/mol. The SMILES string of the molecule is C=C1C[C@@H](C(=O)OCC)C[C@]1(C#N)S(C)(=O)=O. The Bertz CT molecular complexity index is 488. The lowest BCUT2D eigenvalue weighted by molar-refractivity contribution is -0.147. The number of sulfone groups is 1. The van der Waals surface area contributed by atoms with Crippen molar-refractivity contribution in [2.75, 3.05) is 12.9 Å². The van der Waals surface area contributed by atoms with Crippen molar-refractivity contribution in [3.8, 4) is 6.07 Å². The van der Waals surface area contributed by atoms with Gasteiger partial charge in [-0.1, -0.05) is 6.58 Å². The summed E-state index contributed by atoms with van der Waals surface area (Å²) in [5, 5.41) is 9.11. The van der Waals surface area contributed by atoms with Gasteiger partial charge in [0, 0.05) is 6.26 Å². The summed E-state index contributed by atoms with van der Waals surface area (Å²) in [5.74, 6) is -1.05. The molecule has 1 fully saturated rings. The highest BCUT2D eigenvalue weighted by atomic mass is 32.2. The van der Waals surface area contributed by atoms with Crippen molar-refractivity contribution >= 4 is 15.8 Å². The molecule has 1 saturated carbocycles. The zero-order valence-electron chi connectivity index (χ0n) is 9.89. The molecule has 0 radical (unpaired) electrons. The molecule has 2 atom stereocenters. The van der Waals surface area contributed by atoms with Crippen molar-refractivity contribution in [2.24, 2.45) is 5.92 Å². The van der Waals surface area contributed by atoms with Crippen LogP contribution in [-0.4, -0.2) is 32.0 Å². The molecule has 94 valence electrons. The topological polar surface area (TPSA) is 84.2 Å². The van der Waals surface area contributed by atoms with Crippen molar-refractivity contribution in [3.05, 3.63) is 12.2 Å². The van der Waals surface area contributed by atoms with Crippen LogP contribution in [0.1, 0.15) is 19.8 Å². The van der Waals surface area contributed by atoms with Crippen LogP contribution in [0.2, 0.25) is 0 Å². The van der Waals surface area contributed by atoms with E-state index in [1.54, 1.807) is 13.0 Å². The van der Waals surface area contributed by atoms with Gasteiger partial charge >= 0.3 is 5.97 Å². The zero-order chi connectivity index (χ0) is 13.3. The molecule has 6 heteroatoms. The first kappa shape index (κ1) is 13.7. The van der Waals surface area contributed by atoms with Crippen LogP contribution in [0.3, 0.4) is 0 Å². The largest absolute Gasteiger partial charge is 0.466 e. The number of nitriles is 1. The molecule has 0 N–H and O–H groups in total. The van der Waals surface area contributed by atoms with Gasteiger partial charge in [0.2, 0.25) is 0 Å². The van der Waals surface area contributed by atoms with Crippen molar-refractivity contribution in [2.45, 2.75) is 24.5 Å². The highest BCUT2D eigenvalue weighted by Crippen LogP contribution is 2.43. The summed E-state index contributed by atoms with van der Waals surface area (Å²) in [6, 6.07) is 1.80. The molecule has 0 saturated heterocycles. The molecule has 1 aliphatic rings. The summed E-state index contributed by atoms with van der Waals surface area (Å²) in [5.41, 5.74) is 0.278. The van der Waals surface area contributed by atoms with E-state index in [0.29, 0.717) is 0 Å². The van der Waals surface area contributed by atoms with Gasteiger partial charge in [0.15, 0.2) is 14.6 Å². The van der Waals surface area contributed by atoms with Crippen LogP contribution in [-0.2, 0) is 19.4 Å². The van der Waals surface area contributed by atoms with E-state index < -0.39 is 26.5 Å². The maximum atomic E-state index is 11.7. The third-order valence-corrected chi connectivity index (χ3v) is 4.84. The number of carbonyl (C=O) groups is 1. The van der Waals surface area contributed by atoms with Gasteiger partial charge in [-0.15, -0.1) is 0 Å². The fraction of sp³-hybridized carbons (Fsp3) is 0.636. The second-order valence-electron chi connectivity index (χ2n) is 4.17. The molecule has 0 aromatic rings. The minimum Gasteiger partial charge on any atom is -0.466 e. The first-order valence-corrected chi connectivity index (χ1v) is 7.13. The molecule has 5 nitrogen and oxygen atoms in total. The fourth-order valence-corrected chi connectivity index (χ4v) is 3.35. The summed E-state index contributed by atoms with van der Waals surface area (Å²) < 4.78 is 26.6. The van der Waals surface area contributed by atoms with E-state index in [-0.39, 0.29) is 25.0 Å². The summed E-state index contributed by atoms with van der Waals surface area (Å²) >= 11 is 0. The first-order valence-electron chi connectivity index (χ1n) is 5.24. The van der Waals surface area contributed by atoms with Crippen LogP contribution in [0.5, 0.6) is 0 Å². The van der Waals surface area contributed by atoms with E-state index in [1.165, 1.54) is 0 Å². The molecule has 17 heavy (non-hydrogen) atoms. The number of carbonyl (C=O) groups excluding carboxylic acids is 1. The summed E-state index contributed by atoms with van der Waals surface area (Å²) in [4.78, 5) is 11.6.